The Hall–Kier alpha value is -3.44. The second kappa shape index (κ2) is 11.6. The van der Waals surface area contributed by atoms with Gasteiger partial charge in [-0.3, -0.25) is 4.79 Å². The van der Waals surface area contributed by atoms with Crippen LogP contribution in [0.5, 0.6) is 5.75 Å². The van der Waals surface area contributed by atoms with Gasteiger partial charge in [0.15, 0.2) is 6.61 Å². The summed E-state index contributed by atoms with van der Waals surface area (Å²) in [4.78, 5) is 36.2. The van der Waals surface area contributed by atoms with E-state index in [1.807, 2.05) is 13.8 Å². The number of sulfonamides is 1. The number of esters is 2. The highest BCUT2D eigenvalue weighted by atomic mass is 32.2. The maximum Gasteiger partial charge on any atom is 0.337 e. The minimum atomic E-state index is -3.65. The maximum absolute atomic E-state index is 12.4. The van der Waals surface area contributed by atoms with Gasteiger partial charge < -0.3 is 19.5 Å². The highest BCUT2D eigenvalue weighted by Crippen LogP contribution is 2.22. The largest absolute Gasteiger partial charge is 0.483 e. The molecule has 11 heteroatoms. The molecule has 2 N–H and O–H groups in total. The van der Waals surface area contributed by atoms with E-state index in [9.17, 15) is 22.8 Å². The van der Waals surface area contributed by atoms with E-state index in [1.54, 1.807) is 6.92 Å². The Bertz CT molecular complexity index is 1140. The molecule has 10 nitrogen and oxygen atoms in total. The summed E-state index contributed by atoms with van der Waals surface area (Å²) in [6.07, 6.45) is 0. The van der Waals surface area contributed by atoms with E-state index in [1.165, 1.54) is 50.6 Å². The van der Waals surface area contributed by atoms with Gasteiger partial charge in [-0.05, 0) is 54.8 Å². The number of amides is 1. The highest BCUT2D eigenvalue weighted by molar-refractivity contribution is 7.89. The molecule has 0 saturated heterocycles. The van der Waals surface area contributed by atoms with Crippen LogP contribution >= 0.6 is 0 Å². The van der Waals surface area contributed by atoms with Gasteiger partial charge >= 0.3 is 11.9 Å². The van der Waals surface area contributed by atoms with Gasteiger partial charge in [0.05, 0.1) is 30.2 Å². The molecular formula is C23H28N2O8S. The molecule has 2 rings (SSSR count). The van der Waals surface area contributed by atoms with E-state index in [-0.39, 0.29) is 27.6 Å². The van der Waals surface area contributed by atoms with Gasteiger partial charge in [-0.15, -0.1) is 0 Å². The van der Waals surface area contributed by atoms with Crippen LogP contribution in [0.25, 0.3) is 0 Å². The van der Waals surface area contributed by atoms with Crippen LogP contribution < -0.4 is 14.8 Å². The van der Waals surface area contributed by atoms with Crippen LogP contribution in [0.4, 0.5) is 5.69 Å². The molecule has 2 aromatic rings. The number of hydrogen-bond donors (Lipinski definition) is 2. The zero-order valence-corrected chi connectivity index (χ0v) is 20.4. The molecule has 2 aromatic carbocycles. The molecule has 0 aliphatic heterocycles. The maximum atomic E-state index is 12.4. The first-order chi connectivity index (χ1) is 16.0. The molecule has 0 bridgehead atoms. The first-order valence-electron chi connectivity index (χ1n) is 10.3. The predicted molar refractivity (Wildman–Crippen MR) is 124 cm³/mol. The lowest BCUT2D eigenvalue weighted by Crippen LogP contribution is -2.27. The van der Waals surface area contributed by atoms with Gasteiger partial charge in [0, 0.05) is 12.2 Å². The second-order valence-electron chi connectivity index (χ2n) is 7.79. The number of rotatable bonds is 10. The average molecular weight is 493 g/mol. The van der Waals surface area contributed by atoms with Gasteiger partial charge in [0.1, 0.15) is 5.75 Å². The van der Waals surface area contributed by atoms with E-state index in [4.69, 9.17) is 4.74 Å². The van der Waals surface area contributed by atoms with Crippen LogP contribution in [-0.4, -0.2) is 53.6 Å². The molecule has 0 saturated carbocycles. The fraction of sp³-hybridized carbons (Fsp3) is 0.348. The summed E-state index contributed by atoms with van der Waals surface area (Å²) in [7, 11) is -1.27. The first kappa shape index (κ1) is 26.8. The summed E-state index contributed by atoms with van der Waals surface area (Å²) in [5.74, 6) is -1.45. The standard InChI is InChI=1S/C23H28N2O8S/c1-14(2)12-24-34(29,30)19-6-7-20(15(3)8-19)33-13-21(26)25-18-10-16(22(27)31-4)9-17(11-18)23(28)32-5/h6-11,14,24H,12-13H2,1-5H3,(H,25,26). The summed E-state index contributed by atoms with van der Waals surface area (Å²) in [5, 5.41) is 2.55. The smallest absolute Gasteiger partial charge is 0.337 e. The van der Waals surface area contributed by atoms with E-state index >= 15 is 0 Å². The number of carbonyl (C=O) groups is 3. The predicted octanol–water partition coefficient (Wildman–Crippen LogP) is 2.52. The van der Waals surface area contributed by atoms with Gasteiger partial charge in [-0.2, -0.15) is 0 Å². The zero-order chi connectivity index (χ0) is 25.5. The molecule has 0 radical (unpaired) electrons. The SMILES string of the molecule is COC(=O)c1cc(NC(=O)COc2ccc(S(=O)(=O)NCC(C)C)cc2C)cc(C(=O)OC)c1. The summed E-state index contributed by atoms with van der Waals surface area (Å²) >= 11 is 0. The van der Waals surface area contributed by atoms with Gasteiger partial charge in [-0.25, -0.2) is 22.7 Å². The van der Waals surface area contributed by atoms with Crippen molar-refractivity contribution in [3.05, 3.63) is 53.1 Å². The summed E-state index contributed by atoms with van der Waals surface area (Å²) < 4.78 is 42.2. The minimum absolute atomic E-state index is 0.0559. The number of ether oxygens (including phenoxy) is 3. The molecule has 184 valence electrons. The topological polar surface area (TPSA) is 137 Å². The lowest BCUT2D eigenvalue weighted by molar-refractivity contribution is -0.118. The monoisotopic (exact) mass is 492 g/mol. The van der Waals surface area contributed by atoms with Crippen molar-refractivity contribution in [1.82, 2.24) is 4.72 Å². The minimum Gasteiger partial charge on any atom is -0.483 e. The lowest BCUT2D eigenvalue weighted by atomic mass is 10.1. The van der Waals surface area contributed by atoms with Crippen molar-refractivity contribution < 1.29 is 37.0 Å². The number of carbonyl (C=O) groups excluding carboxylic acids is 3. The first-order valence-corrected chi connectivity index (χ1v) is 11.8. The average Bonchev–Trinajstić information content (AvgIpc) is 2.80. The van der Waals surface area contributed by atoms with Gasteiger partial charge in [0.25, 0.3) is 5.91 Å². The number of methoxy groups -OCH3 is 2. The Balaban J connectivity index is 2.10. The number of nitrogens with one attached hydrogen (secondary N) is 2. The van der Waals surface area contributed by atoms with Crippen LogP contribution in [0.3, 0.4) is 0 Å². The Morgan fingerprint density at radius 1 is 0.941 bits per heavy atom. The van der Waals surface area contributed by atoms with E-state index in [0.717, 1.165) is 0 Å². The van der Waals surface area contributed by atoms with Gasteiger partial charge in [0.2, 0.25) is 10.0 Å². The van der Waals surface area contributed by atoms with E-state index < -0.39 is 34.5 Å². The summed E-state index contributed by atoms with van der Waals surface area (Å²) in [5.41, 5.74) is 0.813. The van der Waals surface area contributed by atoms with E-state index in [0.29, 0.717) is 17.9 Å². The summed E-state index contributed by atoms with van der Waals surface area (Å²) in [6, 6.07) is 8.32. The van der Waals surface area contributed by atoms with Crippen molar-refractivity contribution in [2.24, 2.45) is 5.92 Å². The number of hydrogen-bond acceptors (Lipinski definition) is 8. The van der Waals surface area contributed by atoms with Crippen LogP contribution in [0.1, 0.15) is 40.1 Å². The third-order valence-electron chi connectivity index (χ3n) is 4.56. The Labute approximate surface area is 198 Å². The molecule has 0 aromatic heterocycles. The Morgan fingerprint density at radius 2 is 1.53 bits per heavy atom. The van der Waals surface area contributed by atoms with Crippen LogP contribution in [0.2, 0.25) is 0 Å². The highest BCUT2D eigenvalue weighted by Gasteiger charge is 2.17. The third-order valence-corrected chi connectivity index (χ3v) is 5.98. The van der Waals surface area contributed by atoms with Crippen molar-refractivity contribution in [2.45, 2.75) is 25.7 Å². The summed E-state index contributed by atoms with van der Waals surface area (Å²) in [6.45, 7) is 5.38. The normalized spacial score (nSPS) is 11.1. The number of anilines is 1. The fourth-order valence-electron chi connectivity index (χ4n) is 2.82. The molecule has 0 aliphatic rings. The molecule has 0 unspecified atom stereocenters. The quantitative estimate of drug-likeness (QED) is 0.483. The second-order valence-corrected chi connectivity index (χ2v) is 9.56. The number of benzene rings is 2. The Kier molecular flexibility index (Phi) is 9.16. The van der Waals surface area contributed by atoms with Crippen molar-refractivity contribution in [1.29, 1.82) is 0 Å². The van der Waals surface area contributed by atoms with Crippen molar-refractivity contribution in [3.8, 4) is 5.75 Å². The lowest BCUT2D eigenvalue weighted by Gasteiger charge is -2.13. The third kappa shape index (κ3) is 7.29. The molecule has 0 fully saturated rings. The molecule has 1 amide bonds. The number of aryl methyl sites for hydroxylation is 1. The van der Waals surface area contributed by atoms with Crippen LogP contribution in [0.15, 0.2) is 41.3 Å². The zero-order valence-electron chi connectivity index (χ0n) is 19.6. The van der Waals surface area contributed by atoms with Crippen LogP contribution in [-0.2, 0) is 24.3 Å². The molecule has 0 spiro atoms. The van der Waals surface area contributed by atoms with Crippen molar-refractivity contribution >= 4 is 33.6 Å². The molecule has 0 heterocycles. The van der Waals surface area contributed by atoms with Gasteiger partial charge in [-0.1, -0.05) is 13.8 Å². The molecule has 0 aliphatic carbocycles. The Morgan fingerprint density at radius 3 is 2.03 bits per heavy atom. The van der Waals surface area contributed by atoms with Crippen molar-refractivity contribution in [3.63, 3.8) is 0 Å². The van der Waals surface area contributed by atoms with Crippen LogP contribution in [0, 0.1) is 12.8 Å². The van der Waals surface area contributed by atoms with E-state index in [2.05, 4.69) is 19.5 Å². The molecular weight excluding hydrogens is 464 g/mol. The van der Waals surface area contributed by atoms with Crippen molar-refractivity contribution in [2.75, 3.05) is 32.7 Å². The molecule has 34 heavy (non-hydrogen) atoms. The molecule has 0 atom stereocenters. The fourth-order valence-corrected chi connectivity index (χ4v) is 4.12.